The number of hydrogen-bond donors (Lipinski definition) is 0. The third-order valence-electron chi connectivity index (χ3n) is 4.97. The van der Waals surface area contributed by atoms with E-state index in [9.17, 15) is 14.4 Å². The Morgan fingerprint density at radius 1 is 0.968 bits per heavy atom. The Hall–Kier alpha value is -3.45. The van der Waals surface area contributed by atoms with Gasteiger partial charge in [0.25, 0.3) is 11.8 Å². The molecule has 2 aromatic carbocycles. The summed E-state index contributed by atoms with van der Waals surface area (Å²) in [5.74, 6) is -0.588. The first-order chi connectivity index (χ1) is 15.0. The molecule has 0 aliphatic carbocycles. The van der Waals surface area contributed by atoms with E-state index < -0.39 is 17.8 Å². The van der Waals surface area contributed by atoms with Crippen molar-refractivity contribution in [2.75, 3.05) is 25.2 Å². The SMILES string of the molecule is CC[C@H](C)Oc1ccc(/C=C2/C(=O)N(CCOC)C(=O)N(c3ccccc3)C2=O)cc1. The molecule has 1 fully saturated rings. The molecule has 0 saturated carbocycles. The molecule has 31 heavy (non-hydrogen) atoms. The van der Waals surface area contributed by atoms with Crippen molar-refractivity contribution in [3.63, 3.8) is 0 Å². The molecule has 1 saturated heterocycles. The van der Waals surface area contributed by atoms with Crippen molar-refractivity contribution < 1.29 is 23.9 Å². The molecule has 1 aliphatic heterocycles. The van der Waals surface area contributed by atoms with Gasteiger partial charge in [-0.3, -0.25) is 14.5 Å². The Morgan fingerprint density at radius 3 is 2.26 bits per heavy atom. The molecule has 0 aromatic heterocycles. The number of anilines is 1. The first-order valence-electron chi connectivity index (χ1n) is 10.2. The maximum absolute atomic E-state index is 13.2. The zero-order valence-electron chi connectivity index (χ0n) is 17.9. The minimum Gasteiger partial charge on any atom is -0.491 e. The van der Waals surface area contributed by atoms with E-state index in [0.29, 0.717) is 17.0 Å². The van der Waals surface area contributed by atoms with Crippen molar-refractivity contribution in [2.45, 2.75) is 26.4 Å². The van der Waals surface area contributed by atoms with Gasteiger partial charge in [-0.25, -0.2) is 9.69 Å². The highest BCUT2D eigenvalue weighted by Gasteiger charge is 2.42. The van der Waals surface area contributed by atoms with Gasteiger partial charge < -0.3 is 9.47 Å². The highest BCUT2D eigenvalue weighted by atomic mass is 16.5. The third kappa shape index (κ3) is 5.00. The lowest BCUT2D eigenvalue weighted by Gasteiger charge is -2.33. The zero-order chi connectivity index (χ0) is 22.4. The van der Waals surface area contributed by atoms with Crippen LogP contribution in [0.4, 0.5) is 10.5 Å². The number of para-hydroxylation sites is 1. The summed E-state index contributed by atoms with van der Waals surface area (Å²) >= 11 is 0. The number of carbonyl (C=O) groups is 3. The number of amides is 4. The number of hydrogen-bond acceptors (Lipinski definition) is 5. The topological polar surface area (TPSA) is 76.2 Å². The third-order valence-corrected chi connectivity index (χ3v) is 4.97. The maximum atomic E-state index is 13.2. The molecule has 1 atom stereocenters. The van der Waals surface area contributed by atoms with Gasteiger partial charge in [-0.2, -0.15) is 0 Å². The van der Waals surface area contributed by atoms with E-state index >= 15 is 0 Å². The van der Waals surface area contributed by atoms with Gasteiger partial charge in [0, 0.05) is 7.11 Å². The van der Waals surface area contributed by atoms with Crippen LogP contribution in [0.15, 0.2) is 60.2 Å². The fourth-order valence-corrected chi connectivity index (χ4v) is 3.08. The van der Waals surface area contributed by atoms with Crippen molar-refractivity contribution in [1.29, 1.82) is 0 Å². The number of nitrogens with zero attached hydrogens (tertiary/aromatic N) is 2. The molecule has 0 unspecified atom stereocenters. The normalized spacial score (nSPS) is 16.7. The molecule has 1 heterocycles. The lowest BCUT2D eigenvalue weighted by atomic mass is 10.1. The molecule has 7 heteroatoms. The largest absolute Gasteiger partial charge is 0.491 e. The lowest BCUT2D eigenvalue weighted by molar-refractivity contribution is -0.129. The second-order valence-corrected chi connectivity index (χ2v) is 7.17. The minimum absolute atomic E-state index is 0.0454. The Kier molecular flexibility index (Phi) is 7.20. The molecule has 2 aromatic rings. The summed E-state index contributed by atoms with van der Waals surface area (Å²) in [6.45, 7) is 4.24. The smallest absolute Gasteiger partial charge is 0.338 e. The predicted molar refractivity (Wildman–Crippen MR) is 118 cm³/mol. The molecular formula is C24H26N2O5. The van der Waals surface area contributed by atoms with Gasteiger partial charge in [0.15, 0.2) is 0 Å². The van der Waals surface area contributed by atoms with Crippen LogP contribution >= 0.6 is 0 Å². The Morgan fingerprint density at radius 2 is 1.65 bits per heavy atom. The van der Waals surface area contributed by atoms with Crippen molar-refractivity contribution in [2.24, 2.45) is 0 Å². The zero-order valence-corrected chi connectivity index (χ0v) is 17.9. The Bertz CT molecular complexity index is 969. The van der Waals surface area contributed by atoms with E-state index in [1.165, 1.54) is 13.2 Å². The fraction of sp³-hybridized carbons (Fsp3) is 0.292. The van der Waals surface area contributed by atoms with Gasteiger partial charge in [0.2, 0.25) is 0 Å². The molecule has 0 bridgehead atoms. The van der Waals surface area contributed by atoms with E-state index in [4.69, 9.17) is 9.47 Å². The van der Waals surface area contributed by atoms with Crippen molar-refractivity contribution >= 4 is 29.6 Å². The molecule has 1 aliphatic rings. The number of carbonyl (C=O) groups excluding carboxylic acids is 3. The highest BCUT2D eigenvalue weighted by Crippen LogP contribution is 2.26. The minimum atomic E-state index is -0.687. The van der Waals surface area contributed by atoms with Crippen LogP contribution in [-0.4, -0.2) is 49.1 Å². The van der Waals surface area contributed by atoms with Gasteiger partial charge in [-0.05, 0) is 49.2 Å². The Balaban J connectivity index is 1.95. The van der Waals surface area contributed by atoms with Gasteiger partial charge in [0.1, 0.15) is 11.3 Å². The van der Waals surface area contributed by atoms with Crippen LogP contribution in [0.5, 0.6) is 5.75 Å². The molecule has 162 valence electrons. The van der Waals surface area contributed by atoms with E-state index in [1.54, 1.807) is 54.6 Å². The van der Waals surface area contributed by atoms with Crippen LogP contribution in [0.2, 0.25) is 0 Å². The summed E-state index contributed by atoms with van der Waals surface area (Å²) in [6.07, 6.45) is 2.47. The van der Waals surface area contributed by atoms with E-state index in [0.717, 1.165) is 16.2 Å². The van der Waals surface area contributed by atoms with Crippen molar-refractivity contribution in [3.05, 3.63) is 65.7 Å². The monoisotopic (exact) mass is 422 g/mol. The first-order valence-corrected chi connectivity index (χ1v) is 10.2. The molecule has 0 N–H and O–H groups in total. The number of benzene rings is 2. The molecule has 3 rings (SSSR count). The van der Waals surface area contributed by atoms with Crippen LogP contribution in [0, 0.1) is 0 Å². The number of imide groups is 2. The second kappa shape index (κ2) is 10.0. The van der Waals surface area contributed by atoms with Crippen molar-refractivity contribution in [1.82, 2.24) is 4.90 Å². The molecule has 7 nitrogen and oxygen atoms in total. The van der Waals surface area contributed by atoms with Crippen molar-refractivity contribution in [3.8, 4) is 5.75 Å². The highest BCUT2D eigenvalue weighted by molar-refractivity contribution is 6.39. The summed E-state index contributed by atoms with van der Waals surface area (Å²) < 4.78 is 10.8. The Labute approximate surface area is 181 Å². The van der Waals surface area contributed by atoms with Gasteiger partial charge in [-0.1, -0.05) is 37.3 Å². The average molecular weight is 422 g/mol. The van der Waals surface area contributed by atoms with Gasteiger partial charge >= 0.3 is 6.03 Å². The summed E-state index contributed by atoms with van der Waals surface area (Å²) in [5, 5.41) is 0. The van der Waals surface area contributed by atoms with Crippen LogP contribution in [0.25, 0.3) is 6.08 Å². The summed E-state index contributed by atoms with van der Waals surface area (Å²) in [6, 6.07) is 15.0. The van der Waals surface area contributed by atoms with Crippen LogP contribution < -0.4 is 9.64 Å². The molecular weight excluding hydrogens is 396 g/mol. The van der Waals surface area contributed by atoms with Gasteiger partial charge in [0.05, 0.1) is 24.9 Å². The van der Waals surface area contributed by atoms with E-state index in [1.807, 2.05) is 13.8 Å². The first kappa shape index (κ1) is 22.2. The van der Waals surface area contributed by atoms with Crippen LogP contribution in [0.1, 0.15) is 25.8 Å². The maximum Gasteiger partial charge on any atom is 0.338 e. The van der Waals surface area contributed by atoms with Crippen LogP contribution in [0.3, 0.4) is 0 Å². The van der Waals surface area contributed by atoms with Gasteiger partial charge in [-0.15, -0.1) is 0 Å². The molecule has 0 radical (unpaired) electrons. The summed E-state index contributed by atoms with van der Waals surface area (Å²) in [5.41, 5.74) is 0.966. The van der Waals surface area contributed by atoms with E-state index in [2.05, 4.69) is 0 Å². The quantitative estimate of drug-likeness (QED) is 0.477. The summed E-state index contributed by atoms with van der Waals surface area (Å²) in [4.78, 5) is 41.1. The number of rotatable bonds is 8. The molecule has 0 spiro atoms. The number of ether oxygens (including phenoxy) is 2. The fourth-order valence-electron chi connectivity index (χ4n) is 3.08. The van der Waals surface area contributed by atoms with Crippen LogP contribution in [-0.2, 0) is 14.3 Å². The standard InChI is InChI=1S/C24H26N2O5/c1-4-17(2)31-20-12-10-18(11-13-20)16-21-22(27)25(14-15-30-3)24(29)26(23(21)28)19-8-6-5-7-9-19/h5-13,16-17H,4,14-15H2,1-3H3/b21-16-/t17-/m0/s1. The second-order valence-electron chi connectivity index (χ2n) is 7.17. The lowest BCUT2D eigenvalue weighted by Crippen LogP contribution is -2.57. The predicted octanol–water partition coefficient (Wildman–Crippen LogP) is 3.89. The molecule has 4 amide bonds. The number of urea groups is 1. The number of methoxy groups -OCH3 is 1. The number of barbiturate groups is 1. The van der Waals surface area contributed by atoms with E-state index in [-0.39, 0.29) is 24.8 Å². The summed E-state index contributed by atoms with van der Waals surface area (Å²) in [7, 11) is 1.48. The average Bonchev–Trinajstić information content (AvgIpc) is 2.78.